The van der Waals surface area contributed by atoms with Crippen molar-refractivity contribution in [2.75, 3.05) is 17.2 Å². The number of hydrogen-bond acceptors (Lipinski definition) is 8. The lowest BCUT2D eigenvalue weighted by molar-refractivity contribution is 0.0797. The maximum atomic E-state index is 13.6. The third-order valence-corrected chi connectivity index (χ3v) is 7.93. The Morgan fingerprint density at radius 3 is 2.47 bits per heavy atom. The first-order valence-corrected chi connectivity index (χ1v) is 14.5. The molecule has 0 aliphatic carbocycles. The number of aromatic nitrogens is 4. The van der Waals surface area contributed by atoms with E-state index in [1.54, 1.807) is 47.8 Å². The molecule has 0 unspecified atom stereocenters. The van der Waals surface area contributed by atoms with E-state index in [1.807, 2.05) is 0 Å². The number of hydrogen-bond donors (Lipinski definition) is 5. The summed E-state index contributed by atoms with van der Waals surface area (Å²) in [6.07, 6.45) is -1.99. The number of anilines is 3. The number of nitrogens with zero attached hydrogens (tertiary/aromatic N) is 4. The fourth-order valence-corrected chi connectivity index (χ4v) is 5.27. The van der Waals surface area contributed by atoms with Crippen molar-refractivity contribution in [3.63, 3.8) is 0 Å². The predicted molar refractivity (Wildman–Crippen MR) is 167 cm³/mol. The van der Waals surface area contributed by atoms with Crippen LogP contribution >= 0.6 is 34.8 Å². The van der Waals surface area contributed by atoms with Crippen LogP contribution in [-0.2, 0) is 20.6 Å². The molecule has 2 aromatic heterocycles. The highest BCUT2D eigenvalue weighted by molar-refractivity contribution is 6.39. The molecule has 0 radical (unpaired) electrons. The topological polar surface area (TPSA) is 121 Å². The molecule has 10 nitrogen and oxygen atoms in total. The van der Waals surface area contributed by atoms with Gasteiger partial charge in [-0.3, -0.25) is 5.32 Å². The smallest absolute Gasteiger partial charge is 0.272 e. The zero-order chi connectivity index (χ0) is 32.4. The molecule has 5 aromatic rings. The van der Waals surface area contributed by atoms with Crippen LogP contribution in [0.3, 0.4) is 0 Å². The second-order valence-corrected chi connectivity index (χ2v) is 11.1. The van der Waals surface area contributed by atoms with E-state index in [0.29, 0.717) is 33.1 Å². The third kappa shape index (κ3) is 7.24. The molecule has 0 spiro atoms. The molecule has 2 atom stereocenters. The molecule has 16 heteroatoms. The summed E-state index contributed by atoms with van der Waals surface area (Å²) in [5, 5.41) is 30.7. The number of nitrogens with one attached hydrogen (secondary N) is 3. The van der Waals surface area contributed by atoms with Crippen LogP contribution in [0.4, 0.5) is 30.5 Å². The molecular weight excluding hydrogens is 658 g/mol. The standard InChI is InChI=1S/C29H27Cl3F3N7O3/c1-41-8-7-36-26(41)28(44)37-12-14-3-5-17(30)25(24(14)32)40-29-39-20-10-16(22(45-13-23(34)35)11-21(20)42(29)2)27(43)38-15-4-6-19(33)18(31)9-15/h3-11,23,27-28,37-38,43-44H,12-13H2,1-2H3,(H,39,40)/t27-,28-/m0/s1. The number of aliphatic hydroxyl groups is 2. The van der Waals surface area contributed by atoms with Gasteiger partial charge in [-0.25, -0.2) is 23.1 Å². The van der Waals surface area contributed by atoms with E-state index >= 15 is 0 Å². The highest BCUT2D eigenvalue weighted by atomic mass is 35.5. The summed E-state index contributed by atoms with van der Waals surface area (Å²) in [6, 6.07) is 10.1. The number of benzene rings is 3. The molecule has 0 amide bonds. The average Bonchev–Trinajstić information content (AvgIpc) is 3.56. The second kappa shape index (κ2) is 13.7. The summed E-state index contributed by atoms with van der Waals surface area (Å²) in [7, 11) is 3.44. The van der Waals surface area contributed by atoms with Crippen molar-refractivity contribution in [2.45, 2.75) is 25.4 Å². The van der Waals surface area contributed by atoms with Gasteiger partial charge in [0.15, 0.2) is 18.3 Å². The molecule has 0 bridgehead atoms. The summed E-state index contributed by atoms with van der Waals surface area (Å²) < 4.78 is 48.5. The van der Waals surface area contributed by atoms with Crippen molar-refractivity contribution in [1.29, 1.82) is 0 Å². The summed E-state index contributed by atoms with van der Waals surface area (Å²) >= 11 is 19.1. The molecule has 5 N–H and O–H groups in total. The Kier molecular flexibility index (Phi) is 9.97. The number of halogens is 6. The van der Waals surface area contributed by atoms with Crippen LogP contribution in [-0.4, -0.2) is 42.3 Å². The number of aryl methyl sites for hydroxylation is 2. The number of aliphatic hydroxyl groups excluding tert-OH is 2. The van der Waals surface area contributed by atoms with Gasteiger partial charge in [-0.1, -0.05) is 40.9 Å². The lowest BCUT2D eigenvalue weighted by Crippen LogP contribution is -2.23. The van der Waals surface area contributed by atoms with Crippen molar-refractivity contribution < 1.29 is 28.1 Å². The van der Waals surface area contributed by atoms with Gasteiger partial charge in [0.25, 0.3) is 6.43 Å². The van der Waals surface area contributed by atoms with Crippen molar-refractivity contribution in [3.05, 3.63) is 92.7 Å². The molecule has 3 aromatic carbocycles. The van der Waals surface area contributed by atoms with E-state index in [-0.39, 0.29) is 39.5 Å². The first-order valence-electron chi connectivity index (χ1n) is 13.4. The van der Waals surface area contributed by atoms with Crippen LogP contribution in [0.1, 0.15) is 29.4 Å². The maximum absolute atomic E-state index is 13.6. The van der Waals surface area contributed by atoms with E-state index in [4.69, 9.17) is 39.5 Å². The van der Waals surface area contributed by atoms with Crippen molar-refractivity contribution in [2.24, 2.45) is 14.1 Å². The van der Waals surface area contributed by atoms with Gasteiger partial charge in [-0.15, -0.1) is 0 Å². The van der Waals surface area contributed by atoms with E-state index in [1.165, 1.54) is 24.3 Å². The number of fused-ring (bicyclic) bond motifs is 1. The average molecular weight is 685 g/mol. The highest BCUT2D eigenvalue weighted by Gasteiger charge is 2.22. The SMILES string of the molecule is Cn1ccnc1[C@H](O)NCc1ccc(Cl)c(Nc2nc3cc([C@H](O)Nc4ccc(F)c(Cl)c4)c(OCC(F)F)cc3n2C)c1Cl. The Labute approximate surface area is 270 Å². The quantitative estimate of drug-likeness (QED) is 0.0924. The van der Waals surface area contributed by atoms with Crippen LogP contribution in [0.2, 0.25) is 15.1 Å². The minimum atomic E-state index is -2.77. The Bertz CT molecular complexity index is 1840. The van der Waals surface area contributed by atoms with E-state index in [0.717, 1.165) is 6.07 Å². The molecule has 0 aliphatic heterocycles. The third-order valence-electron chi connectivity index (χ3n) is 6.89. The second-order valence-electron chi connectivity index (χ2n) is 9.95. The molecule has 0 saturated heterocycles. The first-order chi connectivity index (χ1) is 21.4. The number of alkyl halides is 2. The summed E-state index contributed by atoms with van der Waals surface area (Å²) in [5.41, 5.74) is 2.20. The van der Waals surface area contributed by atoms with E-state index in [9.17, 15) is 23.4 Å². The van der Waals surface area contributed by atoms with Crippen LogP contribution in [0.15, 0.2) is 54.9 Å². The van der Waals surface area contributed by atoms with E-state index in [2.05, 4.69) is 25.9 Å². The number of imidazole rings is 2. The summed E-state index contributed by atoms with van der Waals surface area (Å²) in [4.78, 5) is 8.73. The summed E-state index contributed by atoms with van der Waals surface area (Å²) in [6.45, 7) is -0.739. The summed E-state index contributed by atoms with van der Waals surface area (Å²) in [5.74, 6) is 0.0467. The highest BCUT2D eigenvalue weighted by Crippen LogP contribution is 2.38. The maximum Gasteiger partial charge on any atom is 0.272 e. The minimum absolute atomic E-state index is 0.0269. The molecular formula is C29H27Cl3F3N7O3. The van der Waals surface area contributed by atoms with Gasteiger partial charge in [-0.05, 0) is 35.9 Å². The normalized spacial score (nSPS) is 13.0. The molecule has 0 fully saturated rings. The van der Waals surface area contributed by atoms with Crippen molar-refractivity contribution in [3.8, 4) is 5.75 Å². The molecule has 0 saturated carbocycles. The minimum Gasteiger partial charge on any atom is -0.487 e. The Morgan fingerprint density at radius 1 is 1.00 bits per heavy atom. The molecule has 5 rings (SSSR count). The van der Waals surface area contributed by atoms with Gasteiger partial charge in [0.2, 0.25) is 5.95 Å². The van der Waals surface area contributed by atoms with Crippen molar-refractivity contribution in [1.82, 2.24) is 24.4 Å². The van der Waals surface area contributed by atoms with Gasteiger partial charge in [0.05, 0.1) is 31.8 Å². The lowest BCUT2D eigenvalue weighted by atomic mass is 10.1. The van der Waals surface area contributed by atoms with Gasteiger partial charge >= 0.3 is 0 Å². The largest absolute Gasteiger partial charge is 0.487 e. The number of ether oxygens (including phenoxy) is 1. The monoisotopic (exact) mass is 683 g/mol. The predicted octanol–water partition coefficient (Wildman–Crippen LogP) is 6.68. The van der Waals surface area contributed by atoms with Gasteiger partial charge in [0, 0.05) is 50.4 Å². The van der Waals surface area contributed by atoms with E-state index < -0.39 is 31.3 Å². The first kappa shape index (κ1) is 32.7. The van der Waals surface area contributed by atoms with Crippen molar-refractivity contribution >= 4 is 63.2 Å². The fraction of sp³-hybridized carbons (Fsp3) is 0.241. The molecule has 238 valence electrons. The fourth-order valence-electron chi connectivity index (χ4n) is 4.56. The van der Waals surface area contributed by atoms with Crippen LogP contribution in [0.5, 0.6) is 5.75 Å². The zero-order valence-electron chi connectivity index (χ0n) is 23.7. The van der Waals surface area contributed by atoms with Gasteiger partial charge in [0.1, 0.15) is 18.2 Å². The lowest BCUT2D eigenvalue weighted by Gasteiger charge is -2.19. The molecule has 0 aliphatic rings. The van der Waals surface area contributed by atoms with Crippen LogP contribution in [0, 0.1) is 5.82 Å². The molecule has 45 heavy (non-hydrogen) atoms. The Balaban J connectivity index is 1.44. The van der Waals surface area contributed by atoms with Gasteiger partial charge in [-0.2, -0.15) is 0 Å². The number of rotatable bonds is 12. The Hall–Kier alpha value is -3.72. The molecule has 2 heterocycles. The Morgan fingerprint density at radius 2 is 1.78 bits per heavy atom. The van der Waals surface area contributed by atoms with Gasteiger partial charge < -0.3 is 34.7 Å². The van der Waals surface area contributed by atoms with Crippen LogP contribution < -0.4 is 20.7 Å². The van der Waals surface area contributed by atoms with Crippen LogP contribution in [0.25, 0.3) is 11.0 Å². The zero-order valence-corrected chi connectivity index (χ0v) is 26.0.